The Morgan fingerprint density at radius 1 is 1.00 bits per heavy atom. The van der Waals surface area contributed by atoms with Crippen molar-refractivity contribution in [3.63, 3.8) is 0 Å². The molecule has 0 fully saturated rings. The minimum absolute atomic E-state index is 0.109. The van der Waals surface area contributed by atoms with Gasteiger partial charge in [-0.1, -0.05) is 63.5 Å². The fourth-order valence-electron chi connectivity index (χ4n) is 6.19. The van der Waals surface area contributed by atoms with Crippen LogP contribution in [0.4, 0.5) is 11.4 Å². The Hall–Kier alpha value is -3.49. The molecule has 0 amide bonds. The highest BCUT2D eigenvalue weighted by molar-refractivity contribution is 7.85. The molecule has 0 bridgehead atoms. The van der Waals surface area contributed by atoms with Gasteiger partial charge >= 0.3 is 5.97 Å². The molecule has 0 radical (unpaired) electrons. The van der Waals surface area contributed by atoms with E-state index in [9.17, 15) is 17.8 Å². The Balaban J connectivity index is 1.58. The van der Waals surface area contributed by atoms with E-state index in [0.29, 0.717) is 6.42 Å². The van der Waals surface area contributed by atoms with Crippen LogP contribution in [0.15, 0.2) is 77.4 Å². The Kier molecular flexibility index (Phi) is 9.28. The van der Waals surface area contributed by atoms with Crippen LogP contribution >= 0.6 is 0 Å². The lowest BCUT2D eigenvalue weighted by Crippen LogP contribution is -2.31. The first-order valence-corrected chi connectivity index (χ1v) is 16.2. The normalized spacial score (nSPS) is 20.5. The van der Waals surface area contributed by atoms with E-state index in [1.165, 1.54) is 34.7 Å². The van der Waals surface area contributed by atoms with Crippen molar-refractivity contribution in [1.29, 1.82) is 0 Å². The third kappa shape index (κ3) is 6.45. The first-order chi connectivity index (χ1) is 19.8. The second kappa shape index (κ2) is 12.4. The van der Waals surface area contributed by atoms with Crippen LogP contribution in [0.5, 0.6) is 0 Å². The Morgan fingerprint density at radius 2 is 1.76 bits per heavy atom. The third-order valence-electron chi connectivity index (χ3n) is 8.55. The summed E-state index contributed by atoms with van der Waals surface area (Å²) in [6, 6.07) is 11.3. The number of benzene rings is 2. The first kappa shape index (κ1) is 31.4. The summed E-state index contributed by atoms with van der Waals surface area (Å²) in [7, 11) is -4.28. The first-order valence-electron chi connectivity index (χ1n) is 14.7. The van der Waals surface area contributed by atoms with Crippen LogP contribution in [-0.2, 0) is 25.7 Å². The van der Waals surface area contributed by atoms with Crippen LogP contribution in [0.3, 0.4) is 0 Å². The van der Waals surface area contributed by atoms with Gasteiger partial charge in [0.05, 0.1) is 10.3 Å². The number of hydrogen-bond donors (Lipinski definition) is 3. The third-order valence-corrected chi connectivity index (χ3v) is 9.40. The largest absolute Gasteiger partial charge is 0.481 e. The summed E-state index contributed by atoms with van der Waals surface area (Å²) in [6.45, 7) is 11.6. The predicted molar refractivity (Wildman–Crippen MR) is 169 cm³/mol. The monoisotopic (exact) mass is 591 g/mol. The van der Waals surface area contributed by atoms with Crippen molar-refractivity contribution in [3.05, 3.63) is 89.2 Å². The highest BCUT2D eigenvalue weighted by Gasteiger charge is 2.47. The van der Waals surface area contributed by atoms with Gasteiger partial charge in [-0.05, 0) is 62.6 Å². The van der Waals surface area contributed by atoms with E-state index >= 15 is 0 Å². The van der Waals surface area contributed by atoms with Gasteiger partial charge in [-0.15, -0.1) is 0 Å². The number of carboxylic acids is 1. The van der Waals surface area contributed by atoms with Crippen molar-refractivity contribution >= 4 is 33.2 Å². The van der Waals surface area contributed by atoms with E-state index < -0.39 is 21.5 Å². The molecule has 0 spiro atoms. The second-order valence-electron chi connectivity index (χ2n) is 12.1. The van der Waals surface area contributed by atoms with Crippen LogP contribution < -0.4 is 5.32 Å². The minimum Gasteiger partial charge on any atom is -0.481 e. The van der Waals surface area contributed by atoms with Crippen molar-refractivity contribution in [1.82, 2.24) is 0 Å². The maximum Gasteiger partial charge on any atom is 0.303 e. The number of carbonyl (C=O) groups is 1. The number of aryl methyl sites for hydroxylation is 1. The van der Waals surface area contributed by atoms with Crippen molar-refractivity contribution in [3.8, 4) is 0 Å². The molecular weight excluding hydrogens is 548 g/mol. The number of nitrogens with one attached hydrogen (secondary N) is 1. The number of rotatable bonds is 12. The van der Waals surface area contributed by atoms with E-state index in [-0.39, 0.29) is 16.7 Å². The molecule has 0 aliphatic carbocycles. The van der Waals surface area contributed by atoms with Gasteiger partial charge in [0.1, 0.15) is 6.54 Å². The van der Waals surface area contributed by atoms with E-state index in [0.717, 1.165) is 49.2 Å². The van der Waals surface area contributed by atoms with E-state index in [4.69, 9.17) is 5.11 Å². The van der Waals surface area contributed by atoms with Gasteiger partial charge < -0.3 is 10.4 Å². The molecule has 1 unspecified atom stereocenters. The molecule has 4 rings (SSSR count). The number of anilines is 1. The highest BCUT2D eigenvalue weighted by atomic mass is 32.2. The molecule has 8 heteroatoms. The maximum atomic E-state index is 11.7. The average Bonchev–Trinajstić information content (AvgIpc) is 3.29. The number of nitrogens with zero attached hydrogens (tertiary/aromatic N) is 1. The molecule has 224 valence electrons. The fourth-order valence-corrected chi connectivity index (χ4v) is 6.70. The van der Waals surface area contributed by atoms with Crippen molar-refractivity contribution in [2.75, 3.05) is 11.9 Å². The van der Waals surface area contributed by atoms with Gasteiger partial charge in [-0.3, -0.25) is 9.35 Å². The van der Waals surface area contributed by atoms with Crippen molar-refractivity contribution in [2.24, 2.45) is 0 Å². The molecule has 3 N–H and O–H groups in total. The summed E-state index contributed by atoms with van der Waals surface area (Å²) < 4.78 is 35.2. The number of fused-ring (bicyclic) bond motifs is 2. The molecule has 2 aliphatic rings. The van der Waals surface area contributed by atoms with Gasteiger partial charge in [0.15, 0.2) is 5.71 Å². The number of unbranched alkanes of at least 4 members (excludes halogenated alkanes) is 2. The standard InChI is InChI=1S/C34H42N2O5S/c1-6-21-36-29-19-16-24(2)22-27(29)34(5,20-12-8-11-15-32(37)38)31(36)14-10-7-9-13-30-33(3,4)26-23-25(42(39,40)41)17-18-28(26)35-30/h7,9-10,13-14,16-19,22-23H,6,8,11-12,15,20-21H2,1-5H3,(H2,37,38,39,40,41)/p+1. The Bertz CT molecular complexity index is 1600. The molecule has 2 aliphatic heterocycles. The molecule has 42 heavy (non-hydrogen) atoms. The lowest BCUT2D eigenvalue weighted by Gasteiger charge is -2.23. The summed E-state index contributed by atoms with van der Waals surface area (Å²) >= 11 is 0. The number of carboxylic acid groups (broad SMARTS) is 1. The van der Waals surface area contributed by atoms with Gasteiger partial charge in [-0.25, -0.2) is 0 Å². The summed E-state index contributed by atoms with van der Waals surface area (Å²) in [5.41, 5.74) is 7.01. The molecule has 2 aromatic carbocycles. The zero-order chi connectivity index (χ0) is 30.7. The fraction of sp³-hybridized carbons (Fsp3) is 0.412. The Labute approximate surface area is 250 Å². The summed E-state index contributed by atoms with van der Waals surface area (Å²) in [4.78, 5) is 10.9. The van der Waals surface area contributed by atoms with Gasteiger partial charge in [0.25, 0.3) is 10.1 Å². The highest BCUT2D eigenvalue weighted by Crippen LogP contribution is 2.45. The van der Waals surface area contributed by atoms with Crippen LogP contribution in [0.2, 0.25) is 0 Å². The lowest BCUT2D eigenvalue weighted by atomic mass is 9.75. The molecule has 2 heterocycles. The van der Waals surface area contributed by atoms with Crippen LogP contribution in [0.1, 0.15) is 82.9 Å². The Morgan fingerprint density at radius 3 is 2.45 bits per heavy atom. The number of hydrogen-bond acceptors (Lipinski definition) is 4. The second-order valence-corrected chi connectivity index (χ2v) is 13.5. The number of aliphatic carboxylic acids is 1. The van der Waals surface area contributed by atoms with Gasteiger partial charge in [0.2, 0.25) is 5.69 Å². The predicted octanol–water partition coefficient (Wildman–Crippen LogP) is 7.44. The van der Waals surface area contributed by atoms with Crippen LogP contribution in [-0.4, -0.2) is 40.9 Å². The quantitative estimate of drug-likeness (QED) is 0.102. The molecule has 2 aromatic rings. The summed E-state index contributed by atoms with van der Waals surface area (Å²) in [5, 5.41) is 12.4. The topological polar surface area (TPSA) is 107 Å². The SMILES string of the molecule is CCC[N+]1=C(/C=C/C=C/C=C2/Nc3ccc(S(=O)(=O)O)cc3C2(C)C)C(C)(CCCCCC(=O)O)c2cc(C)ccc21. The summed E-state index contributed by atoms with van der Waals surface area (Å²) in [5.74, 6) is -0.739. The van der Waals surface area contributed by atoms with Crippen LogP contribution in [0.25, 0.3) is 0 Å². The van der Waals surface area contributed by atoms with Gasteiger partial charge in [0, 0.05) is 47.3 Å². The van der Waals surface area contributed by atoms with Crippen molar-refractivity contribution < 1.29 is 27.4 Å². The molecular formula is C34H43N2O5S+. The van der Waals surface area contributed by atoms with Crippen LogP contribution in [0, 0.1) is 6.92 Å². The smallest absolute Gasteiger partial charge is 0.303 e. The number of allylic oxidation sites excluding steroid dienone is 6. The maximum absolute atomic E-state index is 11.7. The molecule has 0 saturated carbocycles. The minimum atomic E-state index is -4.28. The van der Waals surface area contributed by atoms with E-state index in [1.54, 1.807) is 6.07 Å². The molecule has 1 atom stereocenters. The van der Waals surface area contributed by atoms with Gasteiger partial charge in [-0.2, -0.15) is 13.0 Å². The van der Waals surface area contributed by atoms with E-state index in [1.807, 2.05) is 32.1 Å². The zero-order valence-corrected chi connectivity index (χ0v) is 26.1. The molecule has 0 saturated heterocycles. The average molecular weight is 592 g/mol. The molecule has 0 aromatic heterocycles. The lowest BCUT2D eigenvalue weighted by molar-refractivity contribution is -0.437. The van der Waals surface area contributed by atoms with E-state index in [2.05, 4.69) is 61.0 Å². The zero-order valence-electron chi connectivity index (χ0n) is 25.3. The van der Waals surface area contributed by atoms with Crippen molar-refractivity contribution in [2.45, 2.75) is 88.9 Å². The molecule has 7 nitrogen and oxygen atoms in total. The summed E-state index contributed by atoms with van der Waals surface area (Å²) in [6.07, 6.45) is 15.0.